The van der Waals surface area contributed by atoms with Crippen molar-refractivity contribution in [2.24, 2.45) is 4.99 Å². The standard InChI is InChI=1S/C16H21N3O5/c1-5-22-14(20)11-12(23-9-18-11)10-7-6-8-17-13(10)19-15(21)24-16(2,3)4/h6-9,11-12H,5H2,1-4H3,(H,17,19,21)/t11-,12+/m0/s1. The largest absolute Gasteiger partial charge is 0.473 e. The number of carbonyl (C=O) groups is 2. The number of aliphatic imine (C=N–C) groups is 1. The molecular formula is C16H21N3O5. The second kappa shape index (κ2) is 7.29. The Hall–Kier alpha value is -2.64. The minimum Gasteiger partial charge on any atom is -0.473 e. The molecule has 1 amide bonds. The third-order valence-electron chi connectivity index (χ3n) is 3.01. The lowest BCUT2D eigenvalue weighted by Gasteiger charge is -2.21. The van der Waals surface area contributed by atoms with Crippen LogP contribution in [0.15, 0.2) is 23.3 Å². The number of nitrogens with zero attached hydrogens (tertiary/aromatic N) is 2. The number of hydrogen-bond acceptors (Lipinski definition) is 7. The first-order chi connectivity index (χ1) is 11.3. The summed E-state index contributed by atoms with van der Waals surface area (Å²) in [5.41, 5.74) is -0.127. The first kappa shape index (κ1) is 17.7. The number of anilines is 1. The molecule has 1 aromatic rings. The van der Waals surface area contributed by atoms with Crippen molar-refractivity contribution in [1.29, 1.82) is 0 Å². The molecule has 1 aliphatic heterocycles. The predicted molar refractivity (Wildman–Crippen MR) is 86.8 cm³/mol. The third kappa shape index (κ3) is 4.43. The molecule has 1 N–H and O–H groups in total. The van der Waals surface area contributed by atoms with E-state index in [0.29, 0.717) is 5.56 Å². The molecule has 0 bridgehead atoms. The topological polar surface area (TPSA) is 99.1 Å². The average Bonchev–Trinajstić information content (AvgIpc) is 2.95. The van der Waals surface area contributed by atoms with E-state index in [1.165, 1.54) is 12.6 Å². The third-order valence-corrected chi connectivity index (χ3v) is 3.01. The van der Waals surface area contributed by atoms with Gasteiger partial charge >= 0.3 is 12.1 Å². The van der Waals surface area contributed by atoms with E-state index in [1.54, 1.807) is 39.8 Å². The summed E-state index contributed by atoms with van der Waals surface area (Å²) in [4.78, 5) is 32.1. The van der Waals surface area contributed by atoms with E-state index < -0.39 is 29.8 Å². The monoisotopic (exact) mass is 335 g/mol. The first-order valence-corrected chi connectivity index (χ1v) is 7.60. The zero-order chi connectivity index (χ0) is 17.7. The number of amides is 1. The lowest BCUT2D eigenvalue weighted by molar-refractivity contribution is -0.146. The van der Waals surface area contributed by atoms with Gasteiger partial charge in [-0.15, -0.1) is 0 Å². The lowest BCUT2D eigenvalue weighted by atomic mass is 10.0. The number of esters is 1. The van der Waals surface area contributed by atoms with E-state index in [4.69, 9.17) is 14.2 Å². The van der Waals surface area contributed by atoms with Gasteiger partial charge in [-0.25, -0.2) is 19.6 Å². The van der Waals surface area contributed by atoms with Gasteiger partial charge in [-0.3, -0.25) is 5.32 Å². The van der Waals surface area contributed by atoms with Gasteiger partial charge in [0.25, 0.3) is 0 Å². The lowest BCUT2D eigenvalue weighted by Crippen LogP contribution is -2.30. The molecule has 0 fully saturated rings. The molecule has 130 valence electrons. The molecule has 0 spiro atoms. The molecule has 2 atom stereocenters. The summed E-state index contributed by atoms with van der Waals surface area (Å²) < 4.78 is 15.6. The van der Waals surface area contributed by atoms with Crippen LogP contribution in [-0.2, 0) is 19.0 Å². The summed E-state index contributed by atoms with van der Waals surface area (Å²) in [5.74, 6) is -0.250. The van der Waals surface area contributed by atoms with Gasteiger partial charge in [0.2, 0.25) is 0 Å². The molecule has 0 saturated heterocycles. The predicted octanol–water partition coefficient (Wildman–Crippen LogP) is 2.46. The maximum absolute atomic E-state index is 12.0. The summed E-state index contributed by atoms with van der Waals surface area (Å²) in [6, 6.07) is 2.54. The van der Waals surface area contributed by atoms with Gasteiger partial charge in [-0.2, -0.15) is 0 Å². The van der Waals surface area contributed by atoms with E-state index in [2.05, 4.69) is 15.3 Å². The minimum absolute atomic E-state index is 0.244. The van der Waals surface area contributed by atoms with Crippen LogP contribution in [0.2, 0.25) is 0 Å². The Morgan fingerprint density at radius 1 is 1.38 bits per heavy atom. The van der Waals surface area contributed by atoms with Gasteiger partial charge in [-0.1, -0.05) is 0 Å². The van der Waals surface area contributed by atoms with Crippen LogP contribution in [0, 0.1) is 0 Å². The van der Waals surface area contributed by atoms with E-state index in [0.717, 1.165) is 0 Å². The highest BCUT2D eigenvalue weighted by Gasteiger charge is 2.37. The summed E-state index contributed by atoms with van der Waals surface area (Å²) in [5, 5.41) is 2.58. The van der Waals surface area contributed by atoms with Crippen LogP contribution in [-0.4, -0.2) is 41.7 Å². The molecule has 0 aromatic carbocycles. The Kier molecular flexibility index (Phi) is 5.38. The zero-order valence-corrected chi connectivity index (χ0v) is 14.1. The Morgan fingerprint density at radius 2 is 2.12 bits per heavy atom. The van der Waals surface area contributed by atoms with Gasteiger partial charge in [-0.05, 0) is 39.8 Å². The van der Waals surface area contributed by atoms with Crippen molar-refractivity contribution in [3.63, 3.8) is 0 Å². The number of ether oxygens (including phenoxy) is 3. The van der Waals surface area contributed by atoms with Crippen molar-refractivity contribution >= 4 is 24.3 Å². The maximum Gasteiger partial charge on any atom is 0.413 e. The number of nitrogens with one attached hydrogen (secondary N) is 1. The molecule has 8 nitrogen and oxygen atoms in total. The number of carbonyl (C=O) groups excluding carboxylic acids is 2. The maximum atomic E-state index is 12.0. The molecular weight excluding hydrogens is 314 g/mol. The quantitative estimate of drug-likeness (QED) is 0.849. The van der Waals surface area contributed by atoms with Crippen LogP contribution in [0.25, 0.3) is 0 Å². The van der Waals surface area contributed by atoms with Gasteiger partial charge in [0, 0.05) is 11.8 Å². The van der Waals surface area contributed by atoms with Crippen molar-refractivity contribution in [3.8, 4) is 0 Å². The summed E-state index contributed by atoms with van der Waals surface area (Å²) in [6.45, 7) is 7.24. The Balaban J connectivity index is 2.19. The molecule has 0 radical (unpaired) electrons. The fourth-order valence-electron chi connectivity index (χ4n) is 2.13. The van der Waals surface area contributed by atoms with Crippen LogP contribution >= 0.6 is 0 Å². The van der Waals surface area contributed by atoms with Crippen LogP contribution < -0.4 is 5.32 Å². The van der Waals surface area contributed by atoms with Crippen LogP contribution in [0.1, 0.15) is 39.4 Å². The molecule has 24 heavy (non-hydrogen) atoms. The molecule has 8 heteroatoms. The van der Waals surface area contributed by atoms with Crippen molar-refractivity contribution < 1.29 is 23.8 Å². The molecule has 0 saturated carbocycles. The van der Waals surface area contributed by atoms with Crippen molar-refractivity contribution in [1.82, 2.24) is 4.98 Å². The van der Waals surface area contributed by atoms with Crippen LogP contribution in [0.3, 0.4) is 0 Å². The minimum atomic E-state index is -0.840. The molecule has 1 aromatic heterocycles. The smallest absolute Gasteiger partial charge is 0.413 e. The van der Waals surface area contributed by atoms with Crippen LogP contribution in [0.5, 0.6) is 0 Å². The van der Waals surface area contributed by atoms with Crippen molar-refractivity contribution in [2.45, 2.75) is 45.4 Å². The molecule has 2 heterocycles. The van der Waals surface area contributed by atoms with E-state index in [-0.39, 0.29) is 12.4 Å². The fourth-order valence-corrected chi connectivity index (χ4v) is 2.13. The van der Waals surface area contributed by atoms with E-state index in [1.807, 2.05) is 0 Å². The normalized spacial score (nSPS) is 19.5. The highest BCUT2D eigenvalue weighted by Crippen LogP contribution is 2.31. The zero-order valence-electron chi connectivity index (χ0n) is 14.1. The van der Waals surface area contributed by atoms with Gasteiger partial charge in [0.05, 0.1) is 6.61 Å². The van der Waals surface area contributed by atoms with Crippen molar-refractivity contribution in [2.75, 3.05) is 11.9 Å². The van der Waals surface area contributed by atoms with Gasteiger partial charge < -0.3 is 14.2 Å². The number of rotatable bonds is 4. The van der Waals surface area contributed by atoms with Gasteiger partial charge in [0.15, 0.2) is 18.5 Å². The highest BCUT2D eigenvalue weighted by molar-refractivity contribution is 5.86. The Bertz CT molecular complexity index is 639. The van der Waals surface area contributed by atoms with E-state index >= 15 is 0 Å². The Labute approximate surface area is 140 Å². The summed E-state index contributed by atoms with van der Waals surface area (Å²) >= 11 is 0. The number of pyridine rings is 1. The van der Waals surface area contributed by atoms with E-state index in [9.17, 15) is 9.59 Å². The summed E-state index contributed by atoms with van der Waals surface area (Å²) in [7, 11) is 0. The summed E-state index contributed by atoms with van der Waals surface area (Å²) in [6.07, 6.45) is 1.36. The average molecular weight is 335 g/mol. The second-order valence-electron chi connectivity index (χ2n) is 6.08. The highest BCUT2D eigenvalue weighted by atomic mass is 16.6. The number of aromatic nitrogens is 1. The SMILES string of the molecule is CCOC(=O)[C@H]1N=CO[C@@H]1c1cccnc1NC(=O)OC(C)(C)C. The first-order valence-electron chi connectivity index (χ1n) is 7.60. The Morgan fingerprint density at radius 3 is 2.79 bits per heavy atom. The molecule has 1 aliphatic rings. The fraction of sp³-hybridized carbons (Fsp3) is 0.500. The molecule has 0 unspecified atom stereocenters. The molecule has 2 rings (SSSR count). The van der Waals surface area contributed by atoms with Crippen LogP contribution in [0.4, 0.5) is 10.6 Å². The van der Waals surface area contributed by atoms with Gasteiger partial charge in [0.1, 0.15) is 11.4 Å². The number of hydrogen-bond donors (Lipinski definition) is 1. The second-order valence-corrected chi connectivity index (χ2v) is 6.08. The molecule has 0 aliphatic carbocycles. The van der Waals surface area contributed by atoms with Crippen molar-refractivity contribution in [3.05, 3.63) is 23.9 Å².